The lowest BCUT2D eigenvalue weighted by atomic mass is 10.0. The number of rotatable bonds is 3. The number of likely N-dealkylation sites (N-methyl/N-ethyl adjacent to an activating group) is 1. The van der Waals surface area contributed by atoms with Gasteiger partial charge < -0.3 is 14.7 Å². The van der Waals surface area contributed by atoms with Gasteiger partial charge in [0.2, 0.25) is 0 Å². The molecule has 2 atom stereocenters. The molecule has 21 heavy (non-hydrogen) atoms. The van der Waals surface area contributed by atoms with Crippen molar-refractivity contribution in [1.82, 2.24) is 20.3 Å². The number of H-pyrrole nitrogens is 1. The number of hydrogen-bond acceptors (Lipinski definition) is 5. The lowest BCUT2D eigenvalue weighted by molar-refractivity contribution is -0.142. The van der Waals surface area contributed by atoms with Crippen molar-refractivity contribution in [3.63, 3.8) is 0 Å². The standard InChI is InChI=1S/C13H14N4O4/c1-17(11-6-21-5-8(11)13(19)20)12(18)7-2-3-9-10(4-7)15-16-14-9/h2-4,8,11H,5-6H2,1H3,(H,19,20)(H,14,15,16). The van der Waals surface area contributed by atoms with E-state index < -0.39 is 17.9 Å². The van der Waals surface area contributed by atoms with Gasteiger partial charge in [0.05, 0.1) is 19.3 Å². The molecule has 0 radical (unpaired) electrons. The number of aromatic amines is 1. The number of aromatic nitrogens is 3. The van der Waals surface area contributed by atoms with Crippen LogP contribution in [0.2, 0.25) is 0 Å². The Morgan fingerprint density at radius 1 is 1.33 bits per heavy atom. The molecule has 0 spiro atoms. The fourth-order valence-corrected chi connectivity index (χ4v) is 2.49. The summed E-state index contributed by atoms with van der Waals surface area (Å²) in [5, 5.41) is 19.5. The molecule has 1 saturated heterocycles. The Balaban J connectivity index is 1.84. The van der Waals surface area contributed by atoms with Crippen molar-refractivity contribution in [1.29, 1.82) is 0 Å². The smallest absolute Gasteiger partial charge is 0.311 e. The fourth-order valence-electron chi connectivity index (χ4n) is 2.49. The number of carboxylic acid groups (broad SMARTS) is 1. The molecule has 1 fully saturated rings. The van der Waals surface area contributed by atoms with Crippen LogP contribution in [0.3, 0.4) is 0 Å². The van der Waals surface area contributed by atoms with E-state index in [4.69, 9.17) is 9.84 Å². The first-order valence-corrected chi connectivity index (χ1v) is 6.46. The van der Waals surface area contributed by atoms with Crippen LogP contribution >= 0.6 is 0 Å². The van der Waals surface area contributed by atoms with E-state index in [1.807, 2.05) is 0 Å². The number of hydrogen-bond donors (Lipinski definition) is 2. The maximum Gasteiger partial charge on any atom is 0.311 e. The van der Waals surface area contributed by atoms with E-state index in [9.17, 15) is 9.59 Å². The number of nitrogens with zero attached hydrogens (tertiary/aromatic N) is 3. The summed E-state index contributed by atoms with van der Waals surface area (Å²) in [4.78, 5) is 25.1. The Hall–Kier alpha value is -2.48. The van der Waals surface area contributed by atoms with Crippen molar-refractivity contribution in [3.8, 4) is 0 Å². The molecule has 110 valence electrons. The van der Waals surface area contributed by atoms with E-state index in [0.717, 1.165) is 0 Å². The van der Waals surface area contributed by atoms with Crippen molar-refractivity contribution in [2.45, 2.75) is 6.04 Å². The SMILES string of the molecule is CN(C(=O)c1ccc2n[nH]nc2c1)C1COCC1C(=O)O. The second kappa shape index (κ2) is 5.13. The predicted octanol–water partition coefficient (Wildman–Crippen LogP) is 0.129. The third-order valence-corrected chi connectivity index (χ3v) is 3.75. The molecule has 0 saturated carbocycles. The number of carbonyl (C=O) groups is 2. The molecule has 1 aromatic heterocycles. The first-order valence-electron chi connectivity index (χ1n) is 6.46. The van der Waals surface area contributed by atoms with E-state index in [0.29, 0.717) is 16.6 Å². The Morgan fingerprint density at radius 3 is 2.86 bits per heavy atom. The van der Waals surface area contributed by atoms with E-state index >= 15 is 0 Å². The lowest BCUT2D eigenvalue weighted by Gasteiger charge is -2.26. The molecular formula is C13H14N4O4. The lowest BCUT2D eigenvalue weighted by Crippen LogP contribution is -2.44. The molecule has 1 amide bonds. The zero-order valence-corrected chi connectivity index (χ0v) is 11.3. The first-order chi connectivity index (χ1) is 10.1. The van der Waals surface area contributed by atoms with Crippen LogP contribution in [-0.2, 0) is 9.53 Å². The Bertz CT molecular complexity index is 698. The largest absolute Gasteiger partial charge is 0.481 e. The van der Waals surface area contributed by atoms with Crippen LogP contribution < -0.4 is 0 Å². The Kier molecular flexibility index (Phi) is 3.30. The van der Waals surface area contributed by atoms with Gasteiger partial charge in [-0.05, 0) is 18.2 Å². The molecule has 8 heteroatoms. The van der Waals surface area contributed by atoms with Crippen molar-refractivity contribution in [3.05, 3.63) is 23.8 Å². The molecule has 2 aromatic rings. The summed E-state index contributed by atoms with van der Waals surface area (Å²) in [6, 6.07) is 4.50. The second-order valence-electron chi connectivity index (χ2n) is 4.99. The van der Waals surface area contributed by atoms with Gasteiger partial charge in [0.1, 0.15) is 17.0 Å². The summed E-state index contributed by atoms with van der Waals surface area (Å²) < 4.78 is 5.19. The molecule has 2 heterocycles. The van der Waals surface area contributed by atoms with Gasteiger partial charge in [-0.2, -0.15) is 15.4 Å². The number of nitrogens with one attached hydrogen (secondary N) is 1. The van der Waals surface area contributed by atoms with Gasteiger partial charge in [-0.25, -0.2) is 0 Å². The zero-order valence-electron chi connectivity index (χ0n) is 11.3. The highest BCUT2D eigenvalue weighted by Crippen LogP contribution is 2.21. The molecule has 2 unspecified atom stereocenters. The predicted molar refractivity (Wildman–Crippen MR) is 71.7 cm³/mol. The van der Waals surface area contributed by atoms with Crippen LogP contribution in [0.4, 0.5) is 0 Å². The van der Waals surface area contributed by atoms with Crippen LogP contribution in [0.25, 0.3) is 11.0 Å². The van der Waals surface area contributed by atoms with Crippen LogP contribution in [0.5, 0.6) is 0 Å². The molecule has 0 bridgehead atoms. The number of ether oxygens (including phenoxy) is 1. The van der Waals surface area contributed by atoms with Crippen molar-refractivity contribution in [2.24, 2.45) is 5.92 Å². The zero-order chi connectivity index (χ0) is 15.0. The third-order valence-electron chi connectivity index (χ3n) is 3.75. The maximum atomic E-state index is 12.5. The third kappa shape index (κ3) is 2.33. The minimum atomic E-state index is -0.955. The molecule has 8 nitrogen and oxygen atoms in total. The van der Waals surface area contributed by atoms with Crippen LogP contribution in [0, 0.1) is 5.92 Å². The fraction of sp³-hybridized carbons (Fsp3) is 0.385. The van der Waals surface area contributed by atoms with Crippen molar-refractivity contribution < 1.29 is 19.4 Å². The van der Waals surface area contributed by atoms with E-state index in [-0.39, 0.29) is 19.1 Å². The first kappa shape index (κ1) is 13.5. The number of aliphatic carboxylic acids is 1. The Labute approximate surface area is 119 Å². The van der Waals surface area contributed by atoms with Gasteiger partial charge in [0.15, 0.2) is 0 Å². The quantitative estimate of drug-likeness (QED) is 0.831. The number of fused-ring (bicyclic) bond motifs is 1. The Morgan fingerprint density at radius 2 is 2.10 bits per heavy atom. The number of benzene rings is 1. The minimum absolute atomic E-state index is 0.125. The number of amides is 1. The summed E-state index contributed by atoms with van der Waals surface area (Å²) in [5.74, 6) is -1.92. The highest BCUT2D eigenvalue weighted by molar-refractivity contribution is 5.97. The highest BCUT2D eigenvalue weighted by Gasteiger charge is 2.38. The maximum absolute atomic E-state index is 12.5. The highest BCUT2D eigenvalue weighted by atomic mass is 16.5. The molecule has 1 aliphatic heterocycles. The van der Waals surface area contributed by atoms with Gasteiger partial charge in [-0.3, -0.25) is 9.59 Å². The van der Waals surface area contributed by atoms with Gasteiger partial charge in [0, 0.05) is 12.6 Å². The van der Waals surface area contributed by atoms with E-state index in [1.54, 1.807) is 25.2 Å². The van der Waals surface area contributed by atoms with Gasteiger partial charge >= 0.3 is 5.97 Å². The van der Waals surface area contributed by atoms with Crippen LogP contribution in [-0.4, -0.2) is 63.6 Å². The molecule has 2 N–H and O–H groups in total. The summed E-state index contributed by atoms with van der Waals surface area (Å²) in [6.07, 6.45) is 0. The molecule has 3 rings (SSSR count). The monoisotopic (exact) mass is 290 g/mol. The van der Waals surface area contributed by atoms with Gasteiger partial charge in [0.25, 0.3) is 5.91 Å². The second-order valence-corrected chi connectivity index (χ2v) is 4.99. The number of carboxylic acids is 1. The topological polar surface area (TPSA) is 108 Å². The molecule has 1 aromatic carbocycles. The van der Waals surface area contributed by atoms with E-state index in [2.05, 4.69) is 15.4 Å². The normalized spacial score (nSPS) is 21.6. The summed E-state index contributed by atoms with van der Waals surface area (Å²) >= 11 is 0. The summed E-state index contributed by atoms with van der Waals surface area (Å²) in [6.45, 7) is 0.353. The minimum Gasteiger partial charge on any atom is -0.481 e. The van der Waals surface area contributed by atoms with Crippen LogP contribution in [0.15, 0.2) is 18.2 Å². The van der Waals surface area contributed by atoms with Crippen molar-refractivity contribution in [2.75, 3.05) is 20.3 Å². The van der Waals surface area contributed by atoms with Gasteiger partial charge in [-0.1, -0.05) is 0 Å². The number of carbonyl (C=O) groups excluding carboxylic acids is 1. The summed E-state index contributed by atoms with van der Waals surface area (Å²) in [5.41, 5.74) is 1.70. The average Bonchev–Trinajstić information content (AvgIpc) is 3.13. The van der Waals surface area contributed by atoms with Crippen LogP contribution in [0.1, 0.15) is 10.4 Å². The van der Waals surface area contributed by atoms with E-state index in [1.165, 1.54) is 4.90 Å². The molecule has 0 aliphatic carbocycles. The molecular weight excluding hydrogens is 276 g/mol. The molecule has 1 aliphatic rings. The van der Waals surface area contributed by atoms with Crippen molar-refractivity contribution >= 4 is 22.9 Å². The van der Waals surface area contributed by atoms with Gasteiger partial charge in [-0.15, -0.1) is 0 Å². The summed E-state index contributed by atoms with van der Waals surface area (Å²) in [7, 11) is 1.59. The average molecular weight is 290 g/mol.